The maximum absolute atomic E-state index is 9.76. The van der Waals surface area contributed by atoms with E-state index < -0.39 is 0 Å². The fourth-order valence-electron chi connectivity index (χ4n) is 2.51. The molecule has 0 spiro atoms. The molecule has 5 nitrogen and oxygen atoms in total. The zero-order valence-corrected chi connectivity index (χ0v) is 13.8. The lowest BCUT2D eigenvalue weighted by Gasteiger charge is -2.06. The third-order valence-electron chi connectivity index (χ3n) is 3.70. The summed E-state index contributed by atoms with van der Waals surface area (Å²) < 4.78 is 22.2. The molecule has 5 heteroatoms. The molecule has 1 N–H and O–H groups in total. The standard InChI is InChI=1S/C19H18O5/c1-4-23-17-11-16(12-5-8-15(20)19(9-12)22-3)24-18-10-13(21-2)6-7-14(17)18/h5-11H,4H2,1-3H3/p+1. The van der Waals surface area contributed by atoms with Crippen molar-refractivity contribution < 1.29 is 23.7 Å². The maximum atomic E-state index is 9.76. The Morgan fingerprint density at radius 2 is 1.79 bits per heavy atom. The van der Waals surface area contributed by atoms with Crippen LogP contribution < -0.4 is 14.2 Å². The molecule has 124 valence electrons. The number of methoxy groups -OCH3 is 2. The molecule has 0 bridgehead atoms. The quantitative estimate of drug-likeness (QED) is 0.699. The van der Waals surface area contributed by atoms with Gasteiger partial charge in [-0.3, -0.25) is 0 Å². The smallest absolute Gasteiger partial charge is 0.368 e. The molecular formula is C19H19O5+. The summed E-state index contributed by atoms with van der Waals surface area (Å²) in [6.07, 6.45) is 0. The maximum Gasteiger partial charge on any atom is 0.368 e. The first-order valence-electron chi connectivity index (χ1n) is 7.61. The van der Waals surface area contributed by atoms with Gasteiger partial charge in [0.25, 0.3) is 0 Å². The number of phenolic OH excluding ortho intramolecular Hbond substituents is 1. The van der Waals surface area contributed by atoms with Crippen LogP contribution in [0.15, 0.2) is 46.9 Å². The number of fused-ring (bicyclic) bond motifs is 1. The van der Waals surface area contributed by atoms with Gasteiger partial charge in [0.2, 0.25) is 0 Å². The second-order valence-electron chi connectivity index (χ2n) is 5.16. The van der Waals surface area contributed by atoms with Crippen LogP contribution in [0.4, 0.5) is 0 Å². The Hall–Kier alpha value is -2.95. The van der Waals surface area contributed by atoms with E-state index in [9.17, 15) is 5.11 Å². The van der Waals surface area contributed by atoms with E-state index in [1.54, 1.807) is 25.3 Å². The minimum absolute atomic E-state index is 0.0775. The predicted molar refractivity (Wildman–Crippen MR) is 92.0 cm³/mol. The van der Waals surface area contributed by atoms with Crippen LogP contribution in [-0.2, 0) is 0 Å². The van der Waals surface area contributed by atoms with Gasteiger partial charge < -0.3 is 19.3 Å². The van der Waals surface area contributed by atoms with Gasteiger partial charge in [0.1, 0.15) is 16.9 Å². The topological polar surface area (TPSA) is 59.2 Å². The Morgan fingerprint density at radius 1 is 0.958 bits per heavy atom. The first kappa shape index (κ1) is 15.9. The van der Waals surface area contributed by atoms with Gasteiger partial charge in [-0.1, -0.05) is 0 Å². The Morgan fingerprint density at radius 3 is 2.50 bits per heavy atom. The van der Waals surface area contributed by atoms with E-state index >= 15 is 0 Å². The van der Waals surface area contributed by atoms with Gasteiger partial charge in [-0.2, -0.15) is 0 Å². The fraction of sp³-hybridized carbons (Fsp3) is 0.211. The van der Waals surface area contributed by atoms with E-state index in [2.05, 4.69) is 0 Å². The van der Waals surface area contributed by atoms with E-state index in [0.29, 0.717) is 29.4 Å². The van der Waals surface area contributed by atoms with Gasteiger partial charge in [0.15, 0.2) is 11.5 Å². The van der Waals surface area contributed by atoms with Crippen LogP contribution in [0.5, 0.6) is 23.0 Å². The molecule has 0 aliphatic heterocycles. The summed E-state index contributed by atoms with van der Waals surface area (Å²) >= 11 is 0. The van der Waals surface area contributed by atoms with Crippen molar-refractivity contribution in [2.24, 2.45) is 0 Å². The average molecular weight is 327 g/mol. The monoisotopic (exact) mass is 327 g/mol. The molecule has 2 aromatic carbocycles. The molecule has 0 radical (unpaired) electrons. The molecule has 1 aromatic heterocycles. The van der Waals surface area contributed by atoms with Crippen LogP contribution in [0, 0.1) is 0 Å². The van der Waals surface area contributed by atoms with Crippen molar-refractivity contribution in [3.63, 3.8) is 0 Å². The third kappa shape index (κ3) is 2.93. The number of hydrogen-bond acceptors (Lipinski definition) is 4. The molecule has 1 heterocycles. The summed E-state index contributed by atoms with van der Waals surface area (Å²) in [4.78, 5) is 0. The number of hydrogen-bond donors (Lipinski definition) is 1. The molecule has 0 unspecified atom stereocenters. The number of rotatable bonds is 5. The Kier molecular flexibility index (Phi) is 4.42. The molecule has 24 heavy (non-hydrogen) atoms. The molecule has 0 atom stereocenters. The summed E-state index contributed by atoms with van der Waals surface area (Å²) in [6.45, 7) is 2.48. The van der Waals surface area contributed by atoms with E-state index in [4.69, 9.17) is 18.6 Å². The molecule has 0 saturated carbocycles. The van der Waals surface area contributed by atoms with Crippen LogP contribution in [0.25, 0.3) is 22.3 Å². The zero-order valence-electron chi connectivity index (χ0n) is 13.8. The van der Waals surface area contributed by atoms with Crippen molar-refractivity contribution in [3.05, 3.63) is 42.5 Å². The minimum atomic E-state index is 0.0775. The molecule has 0 saturated heterocycles. The highest BCUT2D eigenvalue weighted by atomic mass is 16.5. The first-order chi connectivity index (χ1) is 11.7. The summed E-state index contributed by atoms with van der Waals surface area (Å²) in [6, 6.07) is 12.5. The first-order valence-corrected chi connectivity index (χ1v) is 7.61. The van der Waals surface area contributed by atoms with Gasteiger partial charge in [-0.15, -0.1) is 0 Å². The fourth-order valence-corrected chi connectivity index (χ4v) is 2.51. The summed E-state index contributed by atoms with van der Waals surface area (Å²) in [5.74, 6) is 2.50. The van der Waals surface area contributed by atoms with Crippen molar-refractivity contribution in [1.82, 2.24) is 0 Å². The summed E-state index contributed by atoms with van der Waals surface area (Å²) in [5.41, 5.74) is 1.43. The number of ether oxygens (including phenoxy) is 3. The van der Waals surface area contributed by atoms with Gasteiger partial charge in [-0.25, -0.2) is 4.42 Å². The second-order valence-corrected chi connectivity index (χ2v) is 5.16. The number of benzene rings is 2. The van der Waals surface area contributed by atoms with Gasteiger partial charge in [-0.05, 0) is 31.2 Å². The summed E-state index contributed by atoms with van der Waals surface area (Å²) in [7, 11) is 3.12. The Balaban J connectivity index is 2.20. The van der Waals surface area contributed by atoms with Crippen molar-refractivity contribution in [2.75, 3.05) is 20.8 Å². The van der Waals surface area contributed by atoms with Gasteiger partial charge >= 0.3 is 11.3 Å². The van der Waals surface area contributed by atoms with E-state index in [-0.39, 0.29) is 5.75 Å². The molecule has 3 rings (SSSR count). The summed E-state index contributed by atoms with van der Waals surface area (Å²) in [5, 5.41) is 10.6. The lowest BCUT2D eigenvalue weighted by atomic mass is 10.1. The van der Waals surface area contributed by atoms with Gasteiger partial charge in [0.05, 0.1) is 38.5 Å². The van der Waals surface area contributed by atoms with Crippen LogP contribution in [-0.4, -0.2) is 25.9 Å². The predicted octanol–water partition coefficient (Wildman–Crippen LogP) is 4.50. The van der Waals surface area contributed by atoms with E-state index in [1.807, 2.05) is 31.2 Å². The SMILES string of the molecule is CCOc1cc(-c2ccc(O)c(OC)c2)[o+]c2cc(OC)ccc12. The van der Waals surface area contributed by atoms with Crippen LogP contribution in [0.1, 0.15) is 6.92 Å². The van der Waals surface area contributed by atoms with Crippen molar-refractivity contribution in [3.8, 4) is 34.3 Å². The average Bonchev–Trinajstić information content (AvgIpc) is 2.61. The molecule has 3 aromatic rings. The van der Waals surface area contributed by atoms with E-state index in [0.717, 1.165) is 16.7 Å². The van der Waals surface area contributed by atoms with Crippen LogP contribution >= 0.6 is 0 Å². The number of aromatic hydroxyl groups is 1. The Bertz CT molecular complexity index is 873. The lowest BCUT2D eigenvalue weighted by molar-refractivity contribution is 0.342. The van der Waals surface area contributed by atoms with Crippen LogP contribution in [0.3, 0.4) is 0 Å². The lowest BCUT2D eigenvalue weighted by Crippen LogP contribution is -1.94. The van der Waals surface area contributed by atoms with Crippen LogP contribution in [0.2, 0.25) is 0 Å². The highest BCUT2D eigenvalue weighted by Gasteiger charge is 2.21. The highest BCUT2D eigenvalue weighted by Crippen LogP contribution is 2.37. The molecular weight excluding hydrogens is 308 g/mol. The normalized spacial score (nSPS) is 10.6. The van der Waals surface area contributed by atoms with Crippen molar-refractivity contribution in [2.45, 2.75) is 6.92 Å². The van der Waals surface area contributed by atoms with E-state index in [1.165, 1.54) is 7.11 Å². The van der Waals surface area contributed by atoms with Crippen molar-refractivity contribution >= 4 is 11.0 Å². The molecule has 0 aliphatic carbocycles. The highest BCUT2D eigenvalue weighted by molar-refractivity contribution is 5.86. The second kappa shape index (κ2) is 6.66. The third-order valence-corrected chi connectivity index (χ3v) is 3.70. The Labute approximate surface area is 140 Å². The van der Waals surface area contributed by atoms with Gasteiger partial charge in [0, 0.05) is 6.07 Å². The molecule has 0 amide bonds. The largest absolute Gasteiger partial charge is 0.504 e. The minimum Gasteiger partial charge on any atom is -0.504 e. The molecule has 0 aliphatic rings. The molecule has 0 fully saturated rings. The van der Waals surface area contributed by atoms with Crippen molar-refractivity contribution in [1.29, 1.82) is 0 Å². The zero-order chi connectivity index (χ0) is 17.1. The number of phenols is 1.